The highest BCUT2D eigenvalue weighted by atomic mass is 16.6. The van der Waals surface area contributed by atoms with E-state index in [1.807, 2.05) is 20.8 Å². The van der Waals surface area contributed by atoms with E-state index in [1.54, 1.807) is 12.3 Å². The lowest BCUT2D eigenvalue weighted by molar-refractivity contribution is 0.00686. The highest BCUT2D eigenvalue weighted by Gasteiger charge is 2.20. The van der Waals surface area contributed by atoms with E-state index in [-0.39, 0.29) is 5.97 Å². The summed E-state index contributed by atoms with van der Waals surface area (Å²) in [6.07, 6.45) is 2.38. The third-order valence-electron chi connectivity index (χ3n) is 1.85. The Balaban J connectivity index is 2.77. The first-order valence-corrected chi connectivity index (χ1v) is 5.03. The van der Waals surface area contributed by atoms with Gasteiger partial charge in [-0.05, 0) is 33.4 Å². The topological polar surface area (TPSA) is 68.1 Å². The molecule has 0 saturated carbocycles. The maximum absolute atomic E-state index is 11.7. The number of nitrogens with two attached hydrogens (primary N) is 1. The van der Waals surface area contributed by atoms with Crippen molar-refractivity contribution in [1.82, 2.24) is 4.98 Å². The molecule has 0 fully saturated rings. The lowest BCUT2D eigenvalue weighted by Crippen LogP contribution is -2.24. The van der Waals surface area contributed by atoms with Crippen LogP contribution in [0.2, 0.25) is 0 Å². The predicted molar refractivity (Wildman–Crippen MR) is 58.7 cm³/mol. The summed E-state index contributed by atoms with van der Waals surface area (Å²) in [5.74, 6) is -0.299. The second kappa shape index (κ2) is 4.49. The lowest BCUT2D eigenvalue weighted by atomic mass is 10.1. The molecule has 4 heteroatoms. The molecule has 0 aromatic carbocycles. The second-order valence-electron chi connectivity index (χ2n) is 4.41. The van der Waals surface area contributed by atoms with Crippen LogP contribution in [-0.4, -0.2) is 23.1 Å². The Bertz CT molecular complexity index is 337. The molecule has 1 aromatic rings. The summed E-state index contributed by atoms with van der Waals surface area (Å²) in [6, 6.07) is 1.72. The minimum atomic E-state index is -0.464. The van der Waals surface area contributed by atoms with Crippen LogP contribution in [0.3, 0.4) is 0 Å². The van der Waals surface area contributed by atoms with Crippen molar-refractivity contribution in [1.29, 1.82) is 0 Å². The fourth-order valence-corrected chi connectivity index (χ4v) is 1.28. The van der Waals surface area contributed by atoms with Crippen LogP contribution >= 0.6 is 0 Å². The van der Waals surface area contributed by atoms with Crippen LogP contribution < -0.4 is 5.73 Å². The Labute approximate surface area is 89.8 Å². The number of aromatic nitrogens is 1. The summed E-state index contributed by atoms with van der Waals surface area (Å²) in [5.41, 5.74) is 6.40. The quantitative estimate of drug-likeness (QED) is 0.742. The van der Waals surface area contributed by atoms with Gasteiger partial charge in [-0.25, -0.2) is 4.79 Å². The number of aromatic amines is 1. The van der Waals surface area contributed by atoms with Crippen LogP contribution in [0.15, 0.2) is 12.3 Å². The molecule has 0 amide bonds. The average Bonchev–Trinajstić information content (AvgIpc) is 2.49. The van der Waals surface area contributed by atoms with Gasteiger partial charge in [-0.1, -0.05) is 0 Å². The van der Waals surface area contributed by atoms with E-state index >= 15 is 0 Å². The number of carbonyl (C=O) groups excluding carboxylic acids is 1. The first-order chi connectivity index (χ1) is 6.94. The molecule has 0 aliphatic carbocycles. The number of hydrogen-bond acceptors (Lipinski definition) is 3. The summed E-state index contributed by atoms with van der Waals surface area (Å²) in [7, 11) is 0. The van der Waals surface area contributed by atoms with E-state index in [9.17, 15) is 4.79 Å². The maximum atomic E-state index is 11.7. The van der Waals surface area contributed by atoms with Crippen molar-refractivity contribution in [3.63, 3.8) is 0 Å². The third kappa shape index (κ3) is 3.40. The molecule has 15 heavy (non-hydrogen) atoms. The van der Waals surface area contributed by atoms with Gasteiger partial charge in [-0.2, -0.15) is 0 Å². The number of nitrogens with one attached hydrogen (secondary N) is 1. The minimum absolute atomic E-state index is 0.299. The van der Waals surface area contributed by atoms with E-state index in [2.05, 4.69) is 4.98 Å². The summed E-state index contributed by atoms with van der Waals surface area (Å²) >= 11 is 0. The van der Waals surface area contributed by atoms with Gasteiger partial charge in [0.05, 0.1) is 5.56 Å². The molecule has 0 aliphatic rings. The SMILES string of the molecule is CC(C)(C)OC(=O)c1cc[nH]c1CCN. The molecule has 0 spiro atoms. The second-order valence-corrected chi connectivity index (χ2v) is 4.41. The fourth-order valence-electron chi connectivity index (χ4n) is 1.28. The molecule has 3 N–H and O–H groups in total. The Morgan fingerprint density at radius 3 is 2.73 bits per heavy atom. The van der Waals surface area contributed by atoms with Gasteiger partial charge >= 0.3 is 5.97 Å². The van der Waals surface area contributed by atoms with Crippen molar-refractivity contribution in [3.8, 4) is 0 Å². The Kier molecular flexibility index (Phi) is 3.52. The zero-order valence-electron chi connectivity index (χ0n) is 9.46. The molecular weight excluding hydrogens is 192 g/mol. The summed E-state index contributed by atoms with van der Waals surface area (Å²) in [6.45, 7) is 6.05. The van der Waals surface area contributed by atoms with E-state index in [1.165, 1.54) is 0 Å². The summed E-state index contributed by atoms with van der Waals surface area (Å²) in [5, 5.41) is 0. The third-order valence-corrected chi connectivity index (χ3v) is 1.85. The number of H-pyrrole nitrogens is 1. The van der Waals surface area contributed by atoms with Gasteiger partial charge in [0.15, 0.2) is 0 Å². The van der Waals surface area contributed by atoms with Crippen LogP contribution in [0.1, 0.15) is 36.8 Å². The van der Waals surface area contributed by atoms with Gasteiger partial charge in [0.1, 0.15) is 5.60 Å². The van der Waals surface area contributed by atoms with Gasteiger partial charge in [0, 0.05) is 18.3 Å². The van der Waals surface area contributed by atoms with Gasteiger partial charge < -0.3 is 15.5 Å². The summed E-state index contributed by atoms with van der Waals surface area (Å²) in [4.78, 5) is 14.7. The molecule has 0 aliphatic heterocycles. The average molecular weight is 210 g/mol. The van der Waals surface area contributed by atoms with Crippen molar-refractivity contribution in [2.75, 3.05) is 6.54 Å². The molecule has 0 unspecified atom stereocenters. The molecule has 1 aromatic heterocycles. The zero-order valence-corrected chi connectivity index (χ0v) is 9.46. The van der Waals surface area contributed by atoms with E-state index < -0.39 is 5.60 Å². The van der Waals surface area contributed by atoms with Crippen molar-refractivity contribution >= 4 is 5.97 Å². The predicted octanol–water partition coefficient (Wildman–Crippen LogP) is 1.47. The Hall–Kier alpha value is -1.29. The Morgan fingerprint density at radius 1 is 1.53 bits per heavy atom. The Morgan fingerprint density at radius 2 is 2.20 bits per heavy atom. The van der Waals surface area contributed by atoms with Crippen LogP contribution in [0, 0.1) is 0 Å². The molecule has 1 rings (SSSR count). The normalized spacial score (nSPS) is 11.5. The fraction of sp³-hybridized carbons (Fsp3) is 0.545. The van der Waals surface area contributed by atoms with E-state index in [0.29, 0.717) is 18.5 Å². The van der Waals surface area contributed by atoms with Gasteiger partial charge in [-0.15, -0.1) is 0 Å². The number of hydrogen-bond donors (Lipinski definition) is 2. The number of carbonyl (C=O) groups is 1. The molecule has 1 heterocycles. The van der Waals surface area contributed by atoms with Crippen LogP contribution in [0.5, 0.6) is 0 Å². The van der Waals surface area contributed by atoms with Gasteiger partial charge in [0.2, 0.25) is 0 Å². The number of esters is 1. The number of rotatable bonds is 3. The molecule has 4 nitrogen and oxygen atoms in total. The van der Waals surface area contributed by atoms with Gasteiger partial charge in [0.25, 0.3) is 0 Å². The van der Waals surface area contributed by atoms with Crippen LogP contribution in [-0.2, 0) is 11.2 Å². The first kappa shape index (κ1) is 11.8. The van der Waals surface area contributed by atoms with E-state index in [0.717, 1.165) is 5.69 Å². The molecule has 0 bridgehead atoms. The monoisotopic (exact) mass is 210 g/mol. The highest BCUT2D eigenvalue weighted by molar-refractivity contribution is 5.91. The smallest absolute Gasteiger partial charge is 0.340 e. The van der Waals surface area contributed by atoms with Gasteiger partial charge in [-0.3, -0.25) is 0 Å². The summed E-state index contributed by atoms with van der Waals surface area (Å²) < 4.78 is 5.27. The van der Waals surface area contributed by atoms with Crippen molar-refractivity contribution in [2.45, 2.75) is 32.8 Å². The maximum Gasteiger partial charge on any atom is 0.340 e. The minimum Gasteiger partial charge on any atom is -0.456 e. The highest BCUT2D eigenvalue weighted by Crippen LogP contribution is 2.14. The molecule has 84 valence electrons. The first-order valence-electron chi connectivity index (χ1n) is 5.03. The standard InChI is InChI=1S/C11H18N2O2/c1-11(2,3)15-10(14)8-5-7-13-9(8)4-6-12/h5,7,13H,4,6,12H2,1-3H3. The zero-order chi connectivity index (χ0) is 11.5. The lowest BCUT2D eigenvalue weighted by Gasteiger charge is -2.19. The molecule has 0 atom stereocenters. The van der Waals surface area contributed by atoms with E-state index in [4.69, 9.17) is 10.5 Å². The molecule has 0 saturated heterocycles. The van der Waals surface area contributed by atoms with Crippen LogP contribution in [0.4, 0.5) is 0 Å². The van der Waals surface area contributed by atoms with Crippen LogP contribution in [0.25, 0.3) is 0 Å². The largest absolute Gasteiger partial charge is 0.456 e. The number of ether oxygens (including phenoxy) is 1. The van der Waals surface area contributed by atoms with Crippen molar-refractivity contribution in [2.24, 2.45) is 5.73 Å². The van der Waals surface area contributed by atoms with Crippen molar-refractivity contribution in [3.05, 3.63) is 23.5 Å². The molecule has 0 radical (unpaired) electrons. The molecular formula is C11H18N2O2. The van der Waals surface area contributed by atoms with Crippen molar-refractivity contribution < 1.29 is 9.53 Å².